The van der Waals surface area contributed by atoms with Crippen molar-refractivity contribution in [1.29, 1.82) is 0 Å². The zero-order chi connectivity index (χ0) is 43.7. The molecule has 7 rings (SSSR count). The minimum Gasteiger partial charge on any atom is -0.508 e. The maximum absolute atomic E-state index is 14.6. The molecule has 5 heterocycles. The summed E-state index contributed by atoms with van der Waals surface area (Å²) in [6, 6.07) is 12.8. The van der Waals surface area contributed by atoms with Crippen molar-refractivity contribution in [3.05, 3.63) is 71.5 Å². The molecule has 3 amide bonds. The van der Waals surface area contributed by atoms with Crippen LogP contribution in [0.2, 0.25) is 0 Å². The molecule has 61 heavy (non-hydrogen) atoms. The third-order valence-electron chi connectivity index (χ3n) is 12.5. The number of fused-ring (bicyclic) bond motifs is 6. The van der Waals surface area contributed by atoms with Crippen LogP contribution in [0.5, 0.6) is 5.75 Å². The molecule has 6 bridgehead atoms. The van der Waals surface area contributed by atoms with Crippen molar-refractivity contribution in [3.63, 3.8) is 0 Å². The number of carbonyl (C=O) groups excluding carboxylic acids is 4. The number of phenols is 1. The number of hydrogen-bond donors (Lipinski definition) is 4. The summed E-state index contributed by atoms with van der Waals surface area (Å²) in [5, 5.41) is 19.8. The molecule has 2 fully saturated rings. The van der Waals surface area contributed by atoms with E-state index in [-0.39, 0.29) is 42.6 Å². The van der Waals surface area contributed by atoms with Crippen LogP contribution in [-0.2, 0) is 48.0 Å². The van der Waals surface area contributed by atoms with Crippen LogP contribution in [0.25, 0.3) is 33.3 Å². The van der Waals surface area contributed by atoms with Crippen LogP contribution < -0.4 is 16.1 Å². The molecule has 4 atom stereocenters. The average Bonchev–Trinajstić information content (AvgIpc) is 3.52. The number of phenolic OH excluding ortho intramolecular Hbond substituents is 1. The predicted molar refractivity (Wildman–Crippen MR) is 233 cm³/mol. The van der Waals surface area contributed by atoms with Gasteiger partial charge in [-0.3, -0.25) is 29.2 Å². The number of benzene rings is 2. The Morgan fingerprint density at radius 2 is 1.87 bits per heavy atom. The van der Waals surface area contributed by atoms with Gasteiger partial charge in [-0.1, -0.05) is 39.8 Å². The van der Waals surface area contributed by atoms with Crippen molar-refractivity contribution in [2.45, 2.75) is 98.0 Å². The summed E-state index contributed by atoms with van der Waals surface area (Å²) >= 11 is 0. The molecule has 0 saturated carbocycles. The first-order valence-corrected chi connectivity index (χ1v) is 21.6. The number of aromatic nitrogens is 2. The molecule has 14 nitrogen and oxygen atoms in total. The second-order valence-electron chi connectivity index (χ2n) is 18.0. The minimum absolute atomic E-state index is 0.0136. The first-order chi connectivity index (χ1) is 29.1. The molecule has 2 aromatic carbocycles. The van der Waals surface area contributed by atoms with Gasteiger partial charge in [0.05, 0.1) is 30.0 Å². The van der Waals surface area contributed by atoms with Crippen LogP contribution in [0.3, 0.4) is 0 Å². The Bertz CT molecular complexity index is 2300. The number of ether oxygens (including phenoxy) is 2. The summed E-state index contributed by atoms with van der Waals surface area (Å²) in [6.45, 7) is 14.2. The number of aromatic hydroxyl groups is 1. The van der Waals surface area contributed by atoms with E-state index in [2.05, 4.69) is 59.6 Å². The molecular formula is C47H61N7O7. The zero-order valence-electron chi connectivity index (χ0n) is 36.7. The highest BCUT2D eigenvalue weighted by atomic mass is 16.5. The number of carbonyl (C=O) groups is 4. The summed E-state index contributed by atoms with van der Waals surface area (Å²) in [4.78, 5) is 62.3. The molecule has 2 aromatic heterocycles. The number of nitrogens with zero attached hydrogens (tertiary/aromatic N) is 4. The number of methoxy groups -OCH3 is 1. The van der Waals surface area contributed by atoms with Gasteiger partial charge in [0, 0.05) is 74.8 Å². The van der Waals surface area contributed by atoms with Crippen molar-refractivity contribution in [3.8, 4) is 28.1 Å². The van der Waals surface area contributed by atoms with Gasteiger partial charge in [0.2, 0.25) is 11.8 Å². The molecule has 14 heteroatoms. The molecule has 4 N–H and O–H groups in total. The summed E-state index contributed by atoms with van der Waals surface area (Å²) in [6.07, 6.45) is 3.11. The molecule has 0 spiro atoms. The number of hydrazine groups is 1. The summed E-state index contributed by atoms with van der Waals surface area (Å²) in [5.74, 6) is -1.94. The second-order valence-corrected chi connectivity index (χ2v) is 18.0. The van der Waals surface area contributed by atoms with Gasteiger partial charge >= 0.3 is 5.97 Å². The molecular weight excluding hydrogens is 775 g/mol. The van der Waals surface area contributed by atoms with Crippen LogP contribution in [0, 0.1) is 17.3 Å². The quantitative estimate of drug-likeness (QED) is 0.166. The lowest BCUT2D eigenvalue weighted by atomic mass is 9.84. The fourth-order valence-electron chi connectivity index (χ4n) is 9.14. The standard InChI is InChI=1S/C47H61N7O7/c1-9-53-39-15-14-30-22-35(39)36(42(53)34-12-10-16-49-40(34)28(4)60-8)23-47(5,6)26-61-46(59)37-13-11-17-54(51-37)45(58)38(20-29-18-31(30)21-33(55)19-29)50-43(56)41(27(2)3)52(7)44(57)32-24-48-25-32/h10,12,14-16,18-19,21-22,27-28,32,37-38,41,48,51,55H,9,11,13,17,20,23-26H2,1-8H3,(H,50,56)/t28?,37-,38?,41?/m0/s1. The van der Waals surface area contributed by atoms with E-state index in [0.29, 0.717) is 51.0 Å². The Hall–Kier alpha value is -5.31. The molecule has 3 aliphatic rings. The van der Waals surface area contributed by atoms with E-state index in [1.807, 2.05) is 39.0 Å². The van der Waals surface area contributed by atoms with E-state index in [1.165, 1.54) is 9.91 Å². The third-order valence-corrected chi connectivity index (χ3v) is 12.5. The number of rotatable bonds is 9. The van der Waals surface area contributed by atoms with Gasteiger partial charge in [-0.2, -0.15) is 0 Å². The highest BCUT2D eigenvalue weighted by molar-refractivity contribution is 5.96. The molecule has 0 radical (unpaired) electrons. The number of amides is 3. The Balaban J connectivity index is 1.35. The smallest absolute Gasteiger partial charge is 0.324 e. The van der Waals surface area contributed by atoms with Crippen molar-refractivity contribution in [2.75, 3.05) is 40.4 Å². The highest BCUT2D eigenvalue weighted by Crippen LogP contribution is 2.42. The maximum atomic E-state index is 14.6. The summed E-state index contributed by atoms with van der Waals surface area (Å²) in [7, 11) is 3.31. The van der Waals surface area contributed by atoms with E-state index < -0.39 is 41.3 Å². The maximum Gasteiger partial charge on any atom is 0.324 e. The fourth-order valence-corrected chi connectivity index (χ4v) is 9.14. The van der Waals surface area contributed by atoms with Crippen LogP contribution in [-0.4, -0.2) is 107 Å². The lowest BCUT2D eigenvalue weighted by molar-refractivity contribution is -0.155. The van der Waals surface area contributed by atoms with Crippen LogP contribution in [0.4, 0.5) is 0 Å². The average molecular weight is 836 g/mol. The van der Waals surface area contributed by atoms with E-state index >= 15 is 0 Å². The van der Waals surface area contributed by atoms with Crippen LogP contribution >= 0.6 is 0 Å². The third kappa shape index (κ3) is 9.03. The van der Waals surface area contributed by atoms with E-state index in [0.717, 1.165) is 44.5 Å². The number of aryl methyl sites for hydroxylation is 1. The fraction of sp³-hybridized carbons (Fsp3) is 0.511. The van der Waals surface area contributed by atoms with Crippen LogP contribution in [0.15, 0.2) is 54.7 Å². The number of likely N-dealkylation sites (N-methyl/N-ethyl adjacent to an activating group) is 1. The van der Waals surface area contributed by atoms with Crippen molar-refractivity contribution < 1.29 is 33.8 Å². The predicted octanol–water partition coefficient (Wildman–Crippen LogP) is 5.15. The number of nitrogens with one attached hydrogen (secondary N) is 3. The Kier molecular flexibility index (Phi) is 12.9. The van der Waals surface area contributed by atoms with E-state index in [4.69, 9.17) is 14.5 Å². The topological polar surface area (TPSA) is 167 Å². The Labute approximate surface area is 358 Å². The molecule has 326 valence electrons. The first kappa shape index (κ1) is 43.8. The number of esters is 1. The number of hydrogen-bond acceptors (Lipinski definition) is 10. The summed E-state index contributed by atoms with van der Waals surface area (Å²) in [5.41, 5.74) is 9.71. The lowest BCUT2D eigenvalue weighted by Gasteiger charge is -2.38. The van der Waals surface area contributed by atoms with Gasteiger partial charge in [-0.25, -0.2) is 5.43 Å². The molecule has 2 saturated heterocycles. The summed E-state index contributed by atoms with van der Waals surface area (Å²) < 4.78 is 14.2. The minimum atomic E-state index is -1.10. The van der Waals surface area contributed by atoms with Gasteiger partial charge in [0.1, 0.15) is 23.9 Å². The van der Waals surface area contributed by atoms with Crippen molar-refractivity contribution in [1.82, 2.24) is 35.5 Å². The second kappa shape index (κ2) is 18.0. The van der Waals surface area contributed by atoms with Gasteiger partial charge in [0.15, 0.2) is 0 Å². The van der Waals surface area contributed by atoms with Crippen molar-refractivity contribution in [2.24, 2.45) is 17.3 Å². The largest absolute Gasteiger partial charge is 0.508 e. The monoisotopic (exact) mass is 835 g/mol. The molecule has 3 unspecified atom stereocenters. The SMILES string of the molecule is CCn1c(-c2cccnc2C(C)OC)c2c3cc(ccc31)-c1cc(O)cc(c1)CC(NC(=O)C(C(C)C)N(C)C(=O)C1CNC1)C(=O)N1CCC[C@H](N1)C(=O)OCC(C)(C)C2. The van der Waals surface area contributed by atoms with Crippen LogP contribution in [0.1, 0.15) is 77.3 Å². The van der Waals surface area contributed by atoms with E-state index in [9.17, 15) is 24.3 Å². The van der Waals surface area contributed by atoms with Crippen molar-refractivity contribution >= 4 is 34.6 Å². The highest BCUT2D eigenvalue weighted by Gasteiger charge is 2.39. The van der Waals surface area contributed by atoms with Gasteiger partial charge in [-0.15, -0.1) is 0 Å². The number of pyridine rings is 1. The number of cyclic esters (lactones) is 1. The first-order valence-electron chi connectivity index (χ1n) is 21.6. The molecule has 0 aliphatic carbocycles. The normalized spacial score (nSPS) is 20.7. The zero-order valence-corrected chi connectivity index (χ0v) is 36.7. The van der Waals surface area contributed by atoms with Gasteiger partial charge in [0.25, 0.3) is 5.91 Å². The van der Waals surface area contributed by atoms with Gasteiger partial charge < -0.3 is 34.7 Å². The Morgan fingerprint density at radius 1 is 1.10 bits per heavy atom. The molecule has 4 aromatic rings. The van der Waals surface area contributed by atoms with E-state index in [1.54, 1.807) is 32.5 Å². The van der Waals surface area contributed by atoms with Gasteiger partial charge in [-0.05, 0) is 97.7 Å². The Morgan fingerprint density at radius 3 is 2.56 bits per heavy atom. The molecule has 3 aliphatic heterocycles. The lowest BCUT2D eigenvalue weighted by Crippen LogP contribution is -2.62.